The number of aliphatic hydroxyl groups is 1. The number of fused-ring (bicyclic) bond motifs is 3. The molecule has 124 valence electrons. The number of carbonyl (C=O) groups is 2. The molecule has 1 amide bonds. The van der Waals surface area contributed by atoms with E-state index in [4.69, 9.17) is 9.47 Å². The van der Waals surface area contributed by atoms with Crippen molar-refractivity contribution < 1.29 is 24.2 Å². The van der Waals surface area contributed by atoms with Gasteiger partial charge >= 0.3 is 5.97 Å². The van der Waals surface area contributed by atoms with Gasteiger partial charge in [0.25, 0.3) is 0 Å². The maximum atomic E-state index is 13.1. The van der Waals surface area contributed by atoms with Gasteiger partial charge in [-0.25, -0.2) is 4.79 Å². The number of ether oxygens (including phenoxy) is 2. The first-order chi connectivity index (χ1) is 10.4. The van der Waals surface area contributed by atoms with E-state index in [1.807, 2.05) is 6.92 Å². The first-order valence-electron chi connectivity index (χ1n) is 8.10. The molecule has 0 bridgehead atoms. The predicted molar refractivity (Wildman–Crippen MR) is 77.7 cm³/mol. The van der Waals surface area contributed by atoms with Crippen LogP contribution in [-0.4, -0.2) is 54.0 Å². The van der Waals surface area contributed by atoms with Crippen LogP contribution in [0.4, 0.5) is 0 Å². The molecule has 1 N–H and O–H groups in total. The quantitative estimate of drug-likeness (QED) is 0.743. The molecular weight excluding hydrogens is 286 g/mol. The maximum absolute atomic E-state index is 13.1. The number of amides is 1. The van der Waals surface area contributed by atoms with Crippen LogP contribution in [0.1, 0.15) is 46.0 Å². The van der Waals surface area contributed by atoms with Crippen LogP contribution in [0.25, 0.3) is 0 Å². The van der Waals surface area contributed by atoms with Crippen molar-refractivity contribution in [3.8, 4) is 0 Å². The number of rotatable bonds is 6. The van der Waals surface area contributed by atoms with E-state index in [-0.39, 0.29) is 31.3 Å². The Morgan fingerprint density at radius 1 is 1.55 bits per heavy atom. The molecule has 0 aromatic heterocycles. The number of aliphatic hydroxyl groups excluding tert-OH is 1. The molecule has 3 aliphatic rings. The molecule has 6 heteroatoms. The molecule has 2 saturated heterocycles. The minimum absolute atomic E-state index is 0.0481. The Kier molecular flexibility index (Phi) is 3.53. The van der Waals surface area contributed by atoms with E-state index >= 15 is 0 Å². The monoisotopic (exact) mass is 311 g/mol. The summed E-state index contributed by atoms with van der Waals surface area (Å²) in [5.41, 5.74) is -2.15. The summed E-state index contributed by atoms with van der Waals surface area (Å²) in [6.45, 7) is 4.19. The Hall–Kier alpha value is -1.14. The summed E-state index contributed by atoms with van der Waals surface area (Å²) < 4.78 is 10.9. The largest absolute Gasteiger partial charge is 0.467 e. The highest BCUT2D eigenvalue weighted by Crippen LogP contribution is 2.78. The summed E-state index contributed by atoms with van der Waals surface area (Å²) in [5.74, 6) is -0.437. The summed E-state index contributed by atoms with van der Waals surface area (Å²) in [6, 6.07) is 0. The van der Waals surface area contributed by atoms with Crippen molar-refractivity contribution in [2.45, 2.75) is 57.7 Å². The van der Waals surface area contributed by atoms with E-state index in [2.05, 4.69) is 6.92 Å². The van der Waals surface area contributed by atoms with E-state index < -0.39 is 16.4 Å². The molecule has 2 aliphatic heterocycles. The van der Waals surface area contributed by atoms with Gasteiger partial charge in [0.2, 0.25) is 5.91 Å². The Bertz CT molecular complexity index is 509. The van der Waals surface area contributed by atoms with E-state index in [0.717, 1.165) is 19.3 Å². The topological polar surface area (TPSA) is 76.1 Å². The summed E-state index contributed by atoms with van der Waals surface area (Å²) >= 11 is 0. The highest BCUT2D eigenvalue weighted by Gasteiger charge is 2.89. The van der Waals surface area contributed by atoms with Crippen LogP contribution in [0.5, 0.6) is 0 Å². The SMILES string of the molecule is CCCC[C@@H]1OC[C@]2(C(=O)OC)N1C(=O)[C@@]1(CCO)C[C@]12C. The Morgan fingerprint density at radius 2 is 2.27 bits per heavy atom. The molecule has 0 spiro atoms. The standard InChI is InChI=1S/C16H25NO5/c1-4-5-6-11-17-12(19)15(7-8-18)9-14(15,2)16(17,10-22-11)13(20)21-3/h11,18H,4-10H2,1-3H3/t11-,14+,15+,16+/m0/s1. The molecule has 4 atom stereocenters. The summed E-state index contributed by atoms with van der Waals surface area (Å²) in [7, 11) is 1.36. The first kappa shape index (κ1) is 15.7. The fourth-order valence-corrected chi connectivity index (χ4v) is 4.78. The number of piperidine rings is 1. The fourth-order valence-electron chi connectivity index (χ4n) is 4.78. The lowest BCUT2D eigenvalue weighted by atomic mass is 9.79. The first-order valence-corrected chi connectivity index (χ1v) is 8.10. The maximum Gasteiger partial charge on any atom is 0.334 e. The van der Waals surface area contributed by atoms with Gasteiger partial charge in [-0.05, 0) is 25.7 Å². The van der Waals surface area contributed by atoms with Crippen molar-refractivity contribution >= 4 is 11.9 Å². The summed E-state index contributed by atoms with van der Waals surface area (Å²) in [6.07, 6.45) is 3.34. The Labute approximate surface area is 130 Å². The number of unbranched alkanes of at least 4 members (excludes halogenated alkanes) is 1. The van der Waals surface area contributed by atoms with Crippen LogP contribution in [0, 0.1) is 10.8 Å². The molecule has 1 aliphatic carbocycles. The van der Waals surface area contributed by atoms with Crippen LogP contribution in [0.2, 0.25) is 0 Å². The zero-order chi connectivity index (χ0) is 16.2. The molecule has 0 aromatic carbocycles. The second kappa shape index (κ2) is 4.93. The average Bonchev–Trinajstić information content (AvgIpc) is 2.89. The lowest BCUT2D eigenvalue weighted by Gasteiger charge is -2.36. The average molecular weight is 311 g/mol. The zero-order valence-corrected chi connectivity index (χ0v) is 13.6. The number of carbonyl (C=O) groups excluding carboxylic acids is 2. The molecular formula is C16H25NO5. The predicted octanol–water partition coefficient (Wildman–Crippen LogP) is 1.07. The Morgan fingerprint density at radius 3 is 2.86 bits per heavy atom. The summed E-state index contributed by atoms with van der Waals surface area (Å²) in [5, 5.41) is 9.38. The highest BCUT2D eigenvalue weighted by molar-refractivity contribution is 6.01. The van der Waals surface area contributed by atoms with Crippen LogP contribution >= 0.6 is 0 Å². The third kappa shape index (κ3) is 1.52. The second-order valence-corrected chi connectivity index (χ2v) is 7.00. The molecule has 6 nitrogen and oxygen atoms in total. The van der Waals surface area contributed by atoms with Crippen molar-refractivity contribution in [1.29, 1.82) is 0 Å². The van der Waals surface area contributed by atoms with Gasteiger partial charge in [-0.2, -0.15) is 0 Å². The van der Waals surface area contributed by atoms with Crippen LogP contribution in [-0.2, 0) is 19.1 Å². The van der Waals surface area contributed by atoms with Gasteiger partial charge in [0, 0.05) is 12.0 Å². The van der Waals surface area contributed by atoms with Gasteiger partial charge in [0.1, 0.15) is 6.23 Å². The number of esters is 1. The van der Waals surface area contributed by atoms with Gasteiger partial charge in [0.15, 0.2) is 5.54 Å². The molecule has 0 unspecified atom stereocenters. The lowest BCUT2D eigenvalue weighted by Crippen LogP contribution is -2.58. The van der Waals surface area contributed by atoms with Crippen molar-refractivity contribution in [2.24, 2.45) is 10.8 Å². The molecule has 3 fully saturated rings. The fraction of sp³-hybridized carbons (Fsp3) is 0.875. The van der Waals surface area contributed by atoms with Crippen molar-refractivity contribution in [3.63, 3.8) is 0 Å². The summed E-state index contributed by atoms with van der Waals surface area (Å²) in [4.78, 5) is 27.3. The molecule has 3 rings (SSSR count). The van der Waals surface area contributed by atoms with Crippen LogP contribution in [0.3, 0.4) is 0 Å². The lowest BCUT2D eigenvalue weighted by molar-refractivity contribution is -0.160. The molecule has 22 heavy (non-hydrogen) atoms. The molecule has 1 saturated carbocycles. The van der Waals surface area contributed by atoms with Crippen molar-refractivity contribution in [1.82, 2.24) is 4.90 Å². The highest BCUT2D eigenvalue weighted by atomic mass is 16.6. The third-order valence-corrected chi connectivity index (χ3v) is 6.18. The van der Waals surface area contributed by atoms with E-state index in [1.165, 1.54) is 7.11 Å². The van der Waals surface area contributed by atoms with Crippen molar-refractivity contribution in [2.75, 3.05) is 20.3 Å². The number of hydrogen-bond donors (Lipinski definition) is 1. The third-order valence-electron chi connectivity index (χ3n) is 6.18. The minimum atomic E-state index is -1.02. The zero-order valence-electron chi connectivity index (χ0n) is 13.6. The normalized spacial score (nSPS) is 42.3. The second-order valence-electron chi connectivity index (χ2n) is 7.00. The smallest absolute Gasteiger partial charge is 0.334 e. The molecule has 2 heterocycles. The van der Waals surface area contributed by atoms with Gasteiger partial charge in [-0.3, -0.25) is 9.69 Å². The molecule has 0 radical (unpaired) electrons. The van der Waals surface area contributed by atoms with Crippen molar-refractivity contribution in [3.05, 3.63) is 0 Å². The van der Waals surface area contributed by atoms with Gasteiger partial charge in [0.05, 0.1) is 19.1 Å². The van der Waals surface area contributed by atoms with E-state index in [1.54, 1.807) is 4.90 Å². The van der Waals surface area contributed by atoms with E-state index in [0.29, 0.717) is 12.8 Å². The van der Waals surface area contributed by atoms with Gasteiger partial charge < -0.3 is 14.6 Å². The van der Waals surface area contributed by atoms with E-state index in [9.17, 15) is 14.7 Å². The number of hydrogen-bond acceptors (Lipinski definition) is 5. The van der Waals surface area contributed by atoms with Crippen LogP contribution in [0.15, 0.2) is 0 Å². The number of nitrogens with zero attached hydrogens (tertiary/aromatic N) is 1. The minimum Gasteiger partial charge on any atom is -0.467 e. The van der Waals surface area contributed by atoms with Gasteiger partial charge in [-0.15, -0.1) is 0 Å². The number of methoxy groups -OCH3 is 1. The van der Waals surface area contributed by atoms with Gasteiger partial charge in [-0.1, -0.05) is 20.3 Å². The molecule has 0 aromatic rings. The Balaban J connectivity index is 2.01. The van der Waals surface area contributed by atoms with Crippen LogP contribution < -0.4 is 0 Å².